The maximum Gasteiger partial charge on any atom is 0.401 e. The Morgan fingerprint density at radius 2 is 2.00 bits per heavy atom. The zero-order valence-corrected chi connectivity index (χ0v) is 12.5. The van der Waals surface area contributed by atoms with Crippen molar-refractivity contribution < 1.29 is 17.6 Å². The van der Waals surface area contributed by atoms with E-state index in [1.807, 2.05) is 0 Å². The van der Waals surface area contributed by atoms with Crippen LogP contribution in [-0.2, 0) is 6.54 Å². The van der Waals surface area contributed by atoms with Crippen LogP contribution in [0.2, 0.25) is 0 Å². The summed E-state index contributed by atoms with van der Waals surface area (Å²) in [6.45, 7) is -0.0462. The van der Waals surface area contributed by atoms with Gasteiger partial charge in [-0.25, -0.2) is 4.39 Å². The van der Waals surface area contributed by atoms with E-state index in [0.29, 0.717) is 19.0 Å². The number of rotatable bonds is 6. The monoisotopic (exact) mass is 320 g/mol. The van der Waals surface area contributed by atoms with E-state index in [-0.39, 0.29) is 12.4 Å². The minimum Gasteiger partial charge on any atom is -0.355 e. The lowest BCUT2D eigenvalue weighted by atomic mass is 10.2. The lowest BCUT2D eigenvalue weighted by Gasteiger charge is -2.19. The van der Waals surface area contributed by atoms with Crippen molar-refractivity contribution >= 4 is 5.96 Å². The molecule has 0 saturated carbocycles. The number of nitrogens with zero attached hydrogens (tertiary/aromatic N) is 2. The Bertz CT molecular complexity index is 488. The summed E-state index contributed by atoms with van der Waals surface area (Å²) in [5.41, 5.74) is 0.747. The van der Waals surface area contributed by atoms with Crippen molar-refractivity contribution in [3.63, 3.8) is 0 Å². The molecule has 1 rings (SSSR count). The molecule has 4 nitrogen and oxygen atoms in total. The first-order valence-corrected chi connectivity index (χ1v) is 6.74. The molecule has 0 amide bonds. The van der Waals surface area contributed by atoms with Gasteiger partial charge in [0.2, 0.25) is 0 Å². The van der Waals surface area contributed by atoms with Crippen LogP contribution in [0.5, 0.6) is 0 Å². The molecule has 0 atom stereocenters. The number of aliphatic imine (C=N–C) groups is 1. The molecule has 0 aliphatic carbocycles. The molecule has 0 aliphatic heterocycles. The molecule has 0 bridgehead atoms. The van der Waals surface area contributed by atoms with Crippen molar-refractivity contribution in [2.45, 2.75) is 12.7 Å². The predicted octanol–water partition coefficient (Wildman–Crippen LogP) is 1.98. The zero-order chi connectivity index (χ0) is 16.6. The second-order valence-electron chi connectivity index (χ2n) is 4.84. The molecule has 1 aromatic rings. The molecule has 2 N–H and O–H groups in total. The van der Waals surface area contributed by atoms with Crippen molar-refractivity contribution in [1.29, 1.82) is 0 Å². The molecule has 1 aromatic carbocycles. The lowest BCUT2D eigenvalue weighted by Crippen LogP contribution is -2.42. The van der Waals surface area contributed by atoms with Crippen molar-refractivity contribution in [2.24, 2.45) is 4.99 Å². The zero-order valence-electron chi connectivity index (χ0n) is 12.5. The maximum atomic E-state index is 13.0. The van der Waals surface area contributed by atoms with E-state index in [1.54, 1.807) is 19.2 Å². The molecular formula is C14H20F4N4. The SMILES string of the molecule is CN=C(NCCN(C)CC(F)(F)F)NCc1cccc(F)c1. The van der Waals surface area contributed by atoms with Gasteiger partial charge < -0.3 is 10.6 Å². The molecule has 22 heavy (non-hydrogen) atoms. The van der Waals surface area contributed by atoms with Crippen LogP contribution >= 0.6 is 0 Å². The van der Waals surface area contributed by atoms with Gasteiger partial charge >= 0.3 is 6.18 Å². The van der Waals surface area contributed by atoms with Gasteiger partial charge in [0, 0.05) is 26.7 Å². The molecule has 0 radical (unpaired) electrons. The molecule has 0 fully saturated rings. The number of hydrogen-bond acceptors (Lipinski definition) is 2. The smallest absolute Gasteiger partial charge is 0.355 e. The highest BCUT2D eigenvalue weighted by atomic mass is 19.4. The number of alkyl halides is 3. The van der Waals surface area contributed by atoms with Crippen molar-refractivity contribution in [3.8, 4) is 0 Å². The molecule has 124 valence electrons. The van der Waals surface area contributed by atoms with Crippen LogP contribution in [-0.4, -0.2) is 50.8 Å². The summed E-state index contributed by atoms with van der Waals surface area (Å²) in [5, 5.41) is 5.87. The fraction of sp³-hybridized carbons (Fsp3) is 0.500. The minimum absolute atomic E-state index is 0.222. The summed E-state index contributed by atoms with van der Waals surface area (Å²) >= 11 is 0. The van der Waals surface area contributed by atoms with Crippen LogP contribution in [0.1, 0.15) is 5.56 Å². The van der Waals surface area contributed by atoms with Crippen LogP contribution in [0, 0.1) is 5.82 Å². The number of likely N-dealkylation sites (N-methyl/N-ethyl adjacent to an activating group) is 1. The number of benzene rings is 1. The van der Waals surface area contributed by atoms with Gasteiger partial charge in [0.1, 0.15) is 5.82 Å². The third-order valence-corrected chi connectivity index (χ3v) is 2.81. The third kappa shape index (κ3) is 7.82. The van der Waals surface area contributed by atoms with Crippen molar-refractivity contribution in [2.75, 3.05) is 33.7 Å². The van der Waals surface area contributed by atoms with E-state index in [2.05, 4.69) is 15.6 Å². The Hall–Kier alpha value is -1.83. The highest BCUT2D eigenvalue weighted by molar-refractivity contribution is 5.79. The first-order chi connectivity index (χ1) is 10.3. The predicted molar refractivity (Wildman–Crippen MR) is 78.2 cm³/mol. The van der Waals surface area contributed by atoms with Crippen LogP contribution in [0.15, 0.2) is 29.3 Å². The minimum atomic E-state index is -4.20. The van der Waals surface area contributed by atoms with E-state index < -0.39 is 12.7 Å². The molecule has 8 heteroatoms. The Labute approximate surface area is 127 Å². The first kappa shape index (κ1) is 18.2. The fourth-order valence-electron chi connectivity index (χ4n) is 1.80. The van der Waals surface area contributed by atoms with Crippen molar-refractivity contribution in [3.05, 3.63) is 35.6 Å². The summed E-state index contributed by atoms with van der Waals surface area (Å²) in [6.07, 6.45) is -4.20. The first-order valence-electron chi connectivity index (χ1n) is 6.74. The fourth-order valence-corrected chi connectivity index (χ4v) is 1.80. The number of halogens is 4. The standard InChI is InChI=1S/C14H20F4N4/c1-19-13(20-6-7-22(2)10-14(16,17)18)21-9-11-4-3-5-12(15)8-11/h3-5,8H,6-7,9-10H2,1-2H3,(H2,19,20,21). The molecule has 0 unspecified atom stereocenters. The van der Waals surface area contributed by atoms with E-state index in [0.717, 1.165) is 5.56 Å². The largest absolute Gasteiger partial charge is 0.401 e. The summed E-state index contributed by atoms with van der Waals surface area (Å²) in [4.78, 5) is 5.13. The summed E-state index contributed by atoms with van der Waals surface area (Å²) in [5.74, 6) is 0.126. The quantitative estimate of drug-likeness (QED) is 0.478. The molecule has 0 saturated heterocycles. The molecule has 0 aromatic heterocycles. The highest BCUT2D eigenvalue weighted by Gasteiger charge is 2.28. The topological polar surface area (TPSA) is 39.7 Å². The van der Waals surface area contributed by atoms with Gasteiger partial charge in [-0.2, -0.15) is 13.2 Å². The maximum absolute atomic E-state index is 13.0. The van der Waals surface area contributed by atoms with E-state index >= 15 is 0 Å². The summed E-state index contributed by atoms with van der Waals surface area (Å²) in [6, 6.07) is 6.12. The second kappa shape index (κ2) is 8.57. The van der Waals surface area contributed by atoms with E-state index in [1.165, 1.54) is 24.1 Å². The van der Waals surface area contributed by atoms with Gasteiger partial charge in [0.15, 0.2) is 5.96 Å². The van der Waals surface area contributed by atoms with Crippen LogP contribution in [0.25, 0.3) is 0 Å². The van der Waals surface area contributed by atoms with Gasteiger partial charge in [-0.3, -0.25) is 9.89 Å². The Balaban J connectivity index is 2.31. The van der Waals surface area contributed by atoms with Gasteiger partial charge in [-0.15, -0.1) is 0 Å². The number of hydrogen-bond donors (Lipinski definition) is 2. The number of guanidine groups is 1. The average molecular weight is 320 g/mol. The van der Waals surface area contributed by atoms with Crippen LogP contribution < -0.4 is 10.6 Å². The summed E-state index contributed by atoms with van der Waals surface area (Å²) in [7, 11) is 2.96. The van der Waals surface area contributed by atoms with E-state index in [9.17, 15) is 17.6 Å². The molecule has 0 aliphatic rings. The summed E-state index contributed by atoms with van der Waals surface area (Å²) < 4.78 is 49.5. The van der Waals surface area contributed by atoms with Crippen LogP contribution in [0.4, 0.5) is 17.6 Å². The lowest BCUT2D eigenvalue weighted by molar-refractivity contribution is -0.142. The van der Waals surface area contributed by atoms with Gasteiger partial charge in [0.25, 0.3) is 0 Å². The molecule has 0 heterocycles. The van der Waals surface area contributed by atoms with Crippen molar-refractivity contribution in [1.82, 2.24) is 15.5 Å². The normalized spacial score (nSPS) is 12.6. The van der Waals surface area contributed by atoms with Gasteiger partial charge in [-0.1, -0.05) is 12.1 Å². The average Bonchev–Trinajstić information content (AvgIpc) is 2.40. The van der Waals surface area contributed by atoms with Gasteiger partial charge in [-0.05, 0) is 24.7 Å². The second-order valence-corrected chi connectivity index (χ2v) is 4.84. The Kier molecular flexibility index (Phi) is 7.10. The van der Waals surface area contributed by atoms with Gasteiger partial charge in [0.05, 0.1) is 6.54 Å². The molecular weight excluding hydrogens is 300 g/mol. The third-order valence-electron chi connectivity index (χ3n) is 2.81. The molecule has 0 spiro atoms. The highest BCUT2D eigenvalue weighted by Crippen LogP contribution is 2.14. The number of nitrogens with one attached hydrogen (secondary N) is 2. The Morgan fingerprint density at radius 3 is 2.59 bits per heavy atom. The Morgan fingerprint density at radius 1 is 1.27 bits per heavy atom. The van der Waals surface area contributed by atoms with E-state index in [4.69, 9.17) is 0 Å². The van der Waals surface area contributed by atoms with Crippen LogP contribution in [0.3, 0.4) is 0 Å².